The topological polar surface area (TPSA) is 103 Å². The maximum atomic E-state index is 12.4. The van der Waals surface area contributed by atoms with E-state index in [1.165, 1.54) is 7.11 Å². The first-order valence-electron chi connectivity index (χ1n) is 9.18. The van der Waals surface area contributed by atoms with Crippen molar-refractivity contribution in [2.45, 2.75) is 46.8 Å². The predicted molar refractivity (Wildman–Crippen MR) is 104 cm³/mol. The SMILES string of the molecule is CCCNC(=O)C(C)NC(=O)c1ccc(OCc2c(C)noc2C)c(OC)c1. The Morgan fingerprint density at radius 2 is 2.00 bits per heavy atom. The number of rotatable bonds is 9. The number of nitrogens with zero attached hydrogens (tertiary/aromatic N) is 1. The fourth-order valence-corrected chi connectivity index (χ4v) is 2.53. The first-order chi connectivity index (χ1) is 13.4. The van der Waals surface area contributed by atoms with Crippen molar-refractivity contribution < 1.29 is 23.6 Å². The maximum absolute atomic E-state index is 12.4. The van der Waals surface area contributed by atoms with Crippen molar-refractivity contribution in [1.82, 2.24) is 15.8 Å². The summed E-state index contributed by atoms with van der Waals surface area (Å²) in [6.45, 7) is 8.12. The summed E-state index contributed by atoms with van der Waals surface area (Å²) < 4.78 is 16.3. The molecule has 152 valence electrons. The largest absolute Gasteiger partial charge is 0.493 e. The first kappa shape index (κ1) is 21.3. The fourth-order valence-electron chi connectivity index (χ4n) is 2.53. The van der Waals surface area contributed by atoms with Gasteiger partial charge in [-0.25, -0.2) is 0 Å². The molecule has 0 saturated heterocycles. The zero-order valence-electron chi connectivity index (χ0n) is 16.9. The van der Waals surface area contributed by atoms with Gasteiger partial charge in [0.1, 0.15) is 18.4 Å². The summed E-state index contributed by atoms with van der Waals surface area (Å²) in [7, 11) is 1.50. The van der Waals surface area contributed by atoms with Crippen molar-refractivity contribution in [3.63, 3.8) is 0 Å². The summed E-state index contributed by atoms with van der Waals surface area (Å²) >= 11 is 0. The quantitative estimate of drug-likeness (QED) is 0.683. The molecule has 0 bridgehead atoms. The van der Waals surface area contributed by atoms with E-state index >= 15 is 0 Å². The average molecular weight is 389 g/mol. The van der Waals surface area contributed by atoms with Gasteiger partial charge in [-0.15, -0.1) is 0 Å². The number of amides is 2. The third kappa shape index (κ3) is 5.25. The first-order valence-corrected chi connectivity index (χ1v) is 9.18. The van der Waals surface area contributed by atoms with Gasteiger partial charge in [-0.3, -0.25) is 9.59 Å². The zero-order chi connectivity index (χ0) is 20.7. The van der Waals surface area contributed by atoms with E-state index in [1.807, 2.05) is 20.8 Å². The molecule has 0 aliphatic rings. The molecule has 2 aromatic rings. The molecule has 2 rings (SSSR count). The molecule has 1 aromatic carbocycles. The Balaban J connectivity index is 2.05. The summed E-state index contributed by atoms with van der Waals surface area (Å²) in [5, 5.41) is 9.32. The Morgan fingerprint density at radius 3 is 2.61 bits per heavy atom. The van der Waals surface area contributed by atoms with E-state index in [1.54, 1.807) is 25.1 Å². The summed E-state index contributed by atoms with van der Waals surface area (Å²) in [6, 6.07) is 4.22. The highest BCUT2D eigenvalue weighted by Crippen LogP contribution is 2.29. The monoisotopic (exact) mass is 389 g/mol. The molecular weight excluding hydrogens is 362 g/mol. The maximum Gasteiger partial charge on any atom is 0.252 e. The van der Waals surface area contributed by atoms with Gasteiger partial charge < -0.3 is 24.6 Å². The van der Waals surface area contributed by atoms with Gasteiger partial charge in [0.2, 0.25) is 5.91 Å². The fraction of sp³-hybridized carbons (Fsp3) is 0.450. The van der Waals surface area contributed by atoms with E-state index in [9.17, 15) is 9.59 Å². The normalized spacial score (nSPS) is 11.6. The molecule has 1 atom stereocenters. The number of aryl methyl sites for hydroxylation is 2. The van der Waals surface area contributed by atoms with Crippen LogP contribution in [-0.2, 0) is 11.4 Å². The van der Waals surface area contributed by atoms with Gasteiger partial charge in [0, 0.05) is 12.1 Å². The third-order valence-corrected chi connectivity index (χ3v) is 4.27. The number of aromatic nitrogens is 1. The number of hydrogen-bond acceptors (Lipinski definition) is 6. The Bertz CT molecular complexity index is 812. The van der Waals surface area contributed by atoms with Crippen molar-refractivity contribution in [2.24, 2.45) is 0 Å². The second-order valence-corrected chi connectivity index (χ2v) is 6.44. The second-order valence-electron chi connectivity index (χ2n) is 6.44. The lowest BCUT2D eigenvalue weighted by molar-refractivity contribution is -0.122. The van der Waals surface area contributed by atoms with Gasteiger partial charge in [0.05, 0.1) is 18.4 Å². The third-order valence-electron chi connectivity index (χ3n) is 4.27. The van der Waals surface area contributed by atoms with Crippen molar-refractivity contribution in [1.29, 1.82) is 0 Å². The van der Waals surface area contributed by atoms with Crippen molar-refractivity contribution >= 4 is 11.8 Å². The molecule has 8 nitrogen and oxygen atoms in total. The Labute approximate surface area is 164 Å². The second kappa shape index (κ2) is 9.77. The van der Waals surface area contributed by atoms with Gasteiger partial charge in [0.15, 0.2) is 11.5 Å². The molecule has 0 aliphatic carbocycles. The van der Waals surface area contributed by atoms with Gasteiger partial charge in [-0.1, -0.05) is 12.1 Å². The molecule has 28 heavy (non-hydrogen) atoms. The van der Waals surface area contributed by atoms with Crippen LogP contribution in [0.3, 0.4) is 0 Å². The Kier molecular flexibility index (Phi) is 7.43. The lowest BCUT2D eigenvalue weighted by Gasteiger charge is -2.15. The number of carbonyl (C=O) groups is 2. The van der Waals surface area contributed by atoms with E-state index in [-0.39, 0.29) is 18.4 Å². The number of ether oxygens (including phenoxy) is 2. The molecule has 0 saturated carbocycles. The summed E-state index contributed by atoms with van der Waals surface area (Å²) in [5.41, 5.74) is 2.01. The van der Waals surface area contributed by atoms with Crippen molar-refractivity contribution in [2.75, 3.05) is 13.7 Å². The minimum Gasteiger partial charge on any atom is -0.493 e. The molecular formula is C20H27N3O5. The smallest absolute Gasteiger partial charge is 0.252 e. The van der Waals surface area contributed by atoms with Gasteiger partial charge in [0.25, 0.3) is 5.91 Å². The highest BCUT2D eigenvalue weighted by atomic mass is 16.5. The molecule has 0 spiro atoms. The van der Waals surface area contributed by atoms with Crippen LogP contribution in [-0.4, -0.2) is 36.7 Å². The Hall–Kier alpha value is -3.03. The minimum atomic E-state index is -0.638. The summed E-state index contributed by atoms with van der Waals surface area (Å²) in [6.07, 6.45) is 0.832. The predicted octanol–water partition coefficient (Wildman–Crippen LogP) is 2.52. The lowest BCUT2D eigenvalue weighted by atomic mass is 10.1. The van der Waals surface area contributed by atoms with E-state index in [2.05, 4.69) is 15.8 Å². The number of carbonyl (C=O) groups excluding carboxylic acids is 2. The van der Waals surface area contributed by atoms with E-state index in [0.29, 0.717) is 29.4 Å². The zero-order valence-corrected chi connectivity index (χ0v) is 16.9. The van der Waals surface area contributed by atoms with Crippen LogP contribution in [0.25, 0.3) is 0 Å². The summed E-state index contributed by atoms with van der Waals surface area (Å²) in [5.74, 6) is 1.02. The van der Waals surface area contributed by atoms with Gasteiger partial charge >= 0.3 is 0 Å². The standard InChI is InChI=1S/C20H27N3O5/c1-6-9-21-19(24)13(3)22-20(25)15-7-8-17(18(10-15)26-5)27-11-16-12(2)23-28-14(16)4/h7-8,10,13H,6,9,11H2,1-5H3,(H,21,24)(H,22,25). The molecule has 2 amide bonds. The van der Waals surface area contributed by atoms with Crippen LogP contribution >= 0.6 is 0 Å². The number of hydrogen-bond donors (Lipinski definition) is 2. The van der Waals surface area contributed by atoms with Gasteiger partial charge in [-0.05, 0) is 45.4 Å². The number of benzene rings is 1. The molecule has 1 aromatic heterocycles. The highest BCUT2D eigenvalue weighted by Gasteiger charge is 2.18. The lowest BCUT2D eigenvalue weighted by Crippen LogP contribution is -2.45. The molecule has 2 N–H and O–H groups in total. The van der Waals surface area contributed by atoms with Crippen LogP contribution in [0.15, 0.2) is 22.7 Å². The minimum absolute atomic E-state index is 0.221. The van der Waals surface area contributed by atoms with E-state index in [4.69, 9.17) is 14.0 Å². The van der Waals surface area contributed by atoms with Crippen LogP contribution in [0.1, 0.15) is 47.6 Å². The van der Waals surface area contributed by atoms with Crippen molar-refractivity contribution in [3.05, 3.63) is 40.8 Å². The molecule has 1 unspecified atom stereocenters. The van der Waals surface area contributed by atoms with Crippen LogP contribution < -0.4 is 20.1 Å². The van der Waals surface area contributed by atoms with E-state index in [0.717, 1.165) is 17.7 Å². The average Bonchev–Trinajstić information content (AvgIpc) is 3.01. The van der Waals surface area contributed by atoms with E-state index < -0.39 is 6.04 Å². The van der Waals surface area contributed by atoms with Crippen LogP contribution in [0, 0.1) is 13.8 Å². The Morgan fingerprint density at radius 1 is 1.25 bits per heavy atom. The van der Waals surface area contributed by atoms with Gasteiger partial charge in [-0.2, -0.15) is 0 Å². The molecule has 8 heteroatoms. The molecule has 0 aliphatic heterocycles. The number of nitrogens with one attached hydrogen (secondary N) is 2. The molecule has 0 fully saturated rings. The molecule has 1 heterocycles. The van der Waals surface area contributed by atoms with Crippen molar-refractivity contribution in [3.8, 4) is 11.5 Å². The number of methoxy groups -OCH3 is 1. The highest BCUT2D eigenvalue weighted by molar-refractivity contribution is 5.97. The molecule has 0 radical (unpaired) electrons. The summed E-state index contributed by atoms with van der Waals surface area (Å²) in [4.78, 5) is 24.4. The van der Waals surface area contributed by atoms with Crippen LogP contribution in [0.5, 0.6) is 11.5 Å². The van der Waals surface area contributed by atoms with Crippen LogP contribution in [0.4, 0.5) is 0 Å². The van der Waals surface area contributed by atoms with Crippen LogP contribution in [0.2, 0.25) is 0 Å².